The van der Waals surface area contributed by atoms with Crippen LogP contribution in [0.4, 0.5) is 4.79 Å². The van der Waals surface area contributed by atoms with Crippen molar-refractivity contribution in [1.29, 1.82) is 5.26 Å². The molecule has 2 aromatic rings. The molecule has 38 heavy (non-hydrogen) atoms. The molecule has 2 aromatic heterocycles. The largest absolute Gasteiger partial charge is 0.594 e. The van der Waals surface area contributed by atoms with Gasteiger partial charge in [0.15, 0.2) is 5.03 Å². The number of carbonyl (C=O) groups excluding carboxylic acids is 3. The van der Waals surface area contributed by atoms with Gasteiger partial charge in [-0.1, -0.05) is 22.7 Å². The normalized spacial score (nSPS) is 19.1. The predicted molar refractivity (Wildman–Crippen MR) is 138 cm³/mol. The van der Waals surface area contributed by atoms with Gasteiger partial charge >= 0.3 is 12.0 Å². The first-order valence-corrected chi connectivity index (χ1v) is 14.0. The van der Waals surface area contributed by atoms with Gasteiger partial charge in [0.05, 0.1) is 6.07 Å². The molecular formula is C22H21N7O6S3. The maximum atomic E-state index is 13.1. The van der Waals surface area contributed by atoms with E-state index in [0.29, 0.717) is 31.8 Å². The van der Waals surface area contributed by atoms with Crippen molar-refractivity contribution in [2.45, 2.75) is 29.4 Å². The Bertz CT molecular complexity index is 1340. The standard InChI is InChI=1S/C22H21N7O6S3/c1-11-4-5-14(27-29(11)35)37-9-12-10-38-20-16(19(31)28(20)17(12)21(32)33)25-18(30)15(13-3-2-8-36-13)26-22(34)24-7-6-23/h2-5,8,15-16,20H,7,9-10H2,1H3,(H,25,30)(H,32,33)(H2,24,26,34)/t15?,16-,20?/m1/s1. The number of hydrogen-bond donors (Lipinski definition) is 4. The first-order valence-electron chi connectivity index (χ1n) is 11.1. The van der Waals surface area contributed by atoms with E-state index in [-0.39, 0.29) is 18.0 Å². The summed E-state index contributed by atoms with van der Waals surface area (Å²) in [5.74, 6) is -1.99. The highest BCUT2D eigenvalue weighted by molar-refractivity contribution is 8.01. The van der Waals surface area contributed by atoms with E-state index < -0.39 is 41.3 Å². The van der Waals surface area contributed by atoms with E-state index in [4.69, 9.17) is 5.26 Å². The second kappa shape index (κ2) is 11.7. The Kier molecular flexibility index (Phi) is 8.39. The Hall–Kier alpha value is -3.81. The maximum Gasteiger partial charge on any atom is 0.352 e. The topological polar surface area (TPSA) is 191 Å². The lowest BCUT2D eigenvalue weighted by Gasteiger charge is -2.49. The van der Waals surface area contributed by atoms with Gasteiger partial charge in [-0.2, -0.15) is 5.26 Å². The third-order valence-corrected chi connectivity index (χ3v) is 8.88. The Morgan fingerprint density at radius 3 is 2.84 bits per heavy atom. The van der Waals surface area contributed by atoms with Gasteiger partial charge < -0.3 is 26.3 Å². The number of fused-ring (bicyclic) bond motifs is 1. The molecule has 0 aliphatic carbocycles. The number of carboxylic acid groups (broad SMARTS) is 1. The van der Waals surface area contributed by atoms with E-state index in [2.05, 4.69) is 21.0 Å². The van der Waals surface area contributed by atoms with Gasteiger partial charge in [-0.15, -0.1) is 23.1 Å². The molecule has 16 heteroatoms. The number of amides is 4. The van der Waals surface area contributed by atoms with Crippen LogP contribution in [-0.2, 0) is 14.4 Å². The first-order chi connectivity index (χ1) is 18.2. The minimum Gasteiger partial charge on any atom is -0.594 e. The van der Waals surface area contributed by atoms with Crippen LogP contribution in [0.1, 0.15) is 16.6 Å². The monoisotopic (exact) mass is 575 g/mol. The van der Waals surface area contributed by atoms with Gasteiger partial charge in [-0.3, -0.25) is 14.5 Å². The number of nitrogens with zero attached hydrogens (tertiary/aromatic N) is 4. The van der Waals surface area contributed by atoms with Crippen molar-refractivity contribution in [3.8, 4) is 6.07 Å². The summed E-state index contributed by atoms with van der Waals surface area (Å²) in [6.45, 7) is 1.37. The van der Waals surface area contributed by atoms with Gasteiger partial charge in [-0.05, 0) is 23.1 Å². The molecule has 4 rings (SSSR count). The van der Waals surface area contributed by atoms with Gasteiger partial charge in [0, 0.05) is 34.5 Å². The number of aliphatic carboxylic acids is 1. The van der Waals surface area contributed by atoms with E-state index in [9.17, 15) is 29.5 Å². The second-order valence-corrected chi connectivity index (χ2v) is 11.1. The van der Waals surface area contributed by atoms with E-state index in [1.165, 1.54) is 34.9 Å². The third-order valence-electron chi connectivity index (χ3n) is 5.59. The fraction of sp³-hybridized carbons (Fsp3) is 0.318. The number of urea groups is 1. The highest BCUT2D eigenvalue weighted by Gasteiger charge is 2.54. The Balaban J connectivity index is 1.46. The van der Waals surface area contributed by atoms with E-state index >= 15 is 0 Å². The van der Waals surface area contributed by atoms with E-state index in [1.807, 2.05) is 0 Å². The van der Waals surface area contributed by atoms with Gasteiger partial charge in [-0.25, -0.2) is 9.59 Å². The molecule has 0 saturated carbocycles. The molecule has 1 saturated heterocycles. The summed E-state index contributed by atoms with van der Waals surface area (Å²) in [6, 6.07) is 5.56. The van der Waals surface area contributed by atoms with Crippen LogP contribution in [-0.4, -0.2) is 68.4 Å². The molecule has 4 amide bonds. The zero-order chi connectivity index (χ0) is 27.4. The smallest absolute Gasteiger partial charge is 0.352 e. The minimum atomic E-state index is -1.27. The number of rotatable bonds is 9. The lowest BCUT2D eigenvalue weighted by atomic mass is 10.0. The third kappa shape index (κ3) is 5.69. The summed E-state index contributed by atoms with van der Waals surface area (Å²) < 4.78 is 0. The van der Waals surface area contributed by atoms with Crippen LogP contribution in [0.15, 0.2) is 45.9 Å². The van der Waals surface area contributed by atoms with Crippen molar-refractivity contribution >= 4 is 58.7 Å². The number of hydrogen-bond acceptors (Lipinski definition) is 10. The number of thioether (sulfide) groups is 2. The fourth-order valence-electron chi connectivity index (χ4n) is 3.75. The SMILES string of the molecule is Cc1ccc(SCC2=C(C(=O)O)N3C(=O)[C@@H](NC(=O)C(NC(=O)NCC#N)c4cccs4)C3SC2)n[n+]1[O-]. The molecule has 3 atom stereocenters. The molecule has 4 heterocycles. The molecule has 0 bridgehead atoms. The van der Waals surface area contributed by atoms with Gasteiger partial charge in [0.2, 0.25) is 11.6 Å². The summed E-state index contributed by atoms with van der Waals surface area (Å²) in [5, 5.41) is 43.1. The Morgan fingerprint density at radius 1 is 1.39 bits per heavy atom. The molecular weight excluding hydrogens is 554 g/mol. The van der Waals surface area contributed by atoms with Crippen LogP contribution in [0.25, 0.3) is 0 Å². The minimum absolute atomic E-state index is 0.150. The molecule has 2 aliphatic rings. The lowest BCUT2D eigenvalue weighted by Crippen LogP contribution is -2.71. The zero-order valence-corrected chi connectivity index (χ0v) is 22.2. The summed E-state index contributed by atoms with van der Waals surface area (Å²) in [7, 11) is 0. The Morgan fingerprint density at radius 2 is 2.18 bits per heavy atom. The number of aromatic nitrogens is 2. The number of thiophene rings is 1. The van der Waals surface area contributed by atoms with Crippen LogP contribution in [0.3, 0.4) is 0 Å². The molecule has 13 nitrogen and oxygen atoms in total. The summed E-state index contributed by atoms with van der Waals surface area (Å²) in [5.41, 5.74) is 0.770. The molecule has 0 aromatic carbocycles. The number of β-lactam (4-membered cyclic amide) rings is 1. The number of nitriles is 1. The number of nitrogens with one attached hydrogen (secondary N) is 3. The van der Waals surface area contributed by atoms with Crippen LogP contribution in [0, 0.1) is 23.5 Å². The van der Waals surface area contributed by atoms with Crippen molar-refractivity contribution in [2.24, 2.45) is 0 Å². The summed E-state index contributed by atoms with van der Waals surface area (Å²) >= 11 is 3.72. The molecule has 0 radical (unpaired) electrons. The highest BCUT2D eigenvalue weighted by Crippen LogP contribution is 2.41. The van der Waals surface area contributed by atoms with Gasteiger partial charge in [0.25, 0.3) is 5.91 Å². The predicted octanol–water partition coefficient (Wildman–Crippen LogP) is 0.480. The average molecular weight is 576 g/mol. The van der Waals surface area contributed by atoms with Crippen LogP contribution >= 0.6 is 34.9 Å². The molecule has 4 N–H and O–H groups in total. The quantitative estimate of drug-likeness (QED) is 0.107. The molecule has 2 aliphatic heterocycles. The molecule has 198 valence electrons. The fourth-order valence-corrected chi connectivity index (χ4v) is 6.86. The van der Waals surface area contributed by atoms with Crippen molar-refractivity contribution < 1.29 is 29.1 Å². The van der Waals surface area contributed by atoms with Crippen molar-refractivity contribution in [3.63, 3.8) is 0 Å². The second-order valence-electron chi connectivity index (χ2n) is 8.06. The van der Waals surface area contributed by atoms with Crippen molar-refractivity contribution in [2.75, 3.05) is 18.1 Å². The average Bonchev–Trinajstić information content (AvgIpc) is 3.43. The van der Waals surface area contributed by atoms with Crippen LogP contribution in [0.5, 0.6) is 0 Å². The van der Waals surface area contributed by atoms with E-state index in [1.54, 1.807) is 42.6 Å². The molecule has 2 unspecified atom stereocenters. The van der Waals surface area contributed by atoms with Crippen LogP contribution < -0.4 is 20.8 Å². The maximum absolute atomic E-state index is 13.1. The number of aryl methyl sites for hydroxylation is 1. The molecule has 1 fully saturated rings. The van der Waals surface area contributed by atoms with Crippen molar-refractivity contribution in [3.05, 3.63) is 56.7 Å². The van der Waals surface area contributed by atoms with Gasteiger partial charge in [0.1, 0.15) is 29.7 Å². The number of carbonyl (C=O) groups is 4. The summed E-state index contributed by atoms with van der Waals surface area (Å²) in [6.07, 6.45) is 0. The lowest BCUT2D eigenvalue weighted by molar-refractivity contribution is -0.679. The summed E-state index contributed by atoms with van der Waals surface area (Å²) in [4.78, 5) is 52.5. The van der Waals surface area contributed by atoms with E-state index in [0.717, 1.165) is 4.90 Å². The molecule has 0 spiro atoms. The Labute approximate surface area is 228 Å². The van der Waals surface area contributed by atoms with Crippen molar-refractivity contribution in [1.82, 2.24) is 25.9 Å². The van der Waals surface area contributed by atoms with Crippen LogP contribution in [0.2, 0.25) is 0 Å². The number of carboxylic acids is 1. The first kappa shape index (κ1) is 27.2. The zero-order valence-electron chi connectivity index (χ0n) is 19.7. The highest BCUT2D eigenvalue weighted by atomic mass is 32.2.